The van der Waals surface area contributed by atoms with Gasteiger partial charge in [-0.1, -0.05) is 194 Å². The highest BCUT2D eigenvalue weighted by molar-refractivity contribution is 6.23. The second kappa shape index (κ2) is 14.6. The van der Waals surface area contributed by atoms with Gasteiger partial charge in [0.1, 0.15) is 0 Å². The van der Waals surface area contributed by atoms with Crippen molar-refractivity contribution in [2.24, 2.45) is 0 Å². The molecule has 0 saturated heterocycles. The highest BCUT2D eigenvalue weighted by atomic mass is 15.0. The Kier molecular flexibility index (Phi) is 8.25. The first-order valence-electron chi connectivity index (χ1n) is 22.1. The van der Waals surface area contributed by atoms with Crippen molar-refractivity contribution < 1.29 is 0 Å². The van der Waals surface area contributed by atoms with E-state index in [0.717, 1.165) is 11.4 Å². The van der Waals surface area contributed by atoms with Crippen LogP contribution in [0.25, 0.3) is 121 Å². The molecule has 0 radical (unpaired) electrons. The topological polar surface area (TPSA) is 9.86 Å². The number of hydrogen-bond donors (Lipinski definition) is 0. The first-order chi connectivity index (χ1) is 31.8. The highest BCUT2D eigenvalue weighted by Gasteiger charge is 2.21. The third kappa shape index (κ3) is 5.66. The van der Waals surface area contributed by atoms with Crippen molar-refractivity contribution in [1.82, 2.24) is 9.13 Å². The fourth-order valence-corrected chi connectivity index (χ4v) is 10.4. The summed E-state index contributed by atoms with van der Waals surface area (Å²) in [7, 11) is 0. The SMILES string of the molecule is c1ccc(-c2ccc(-c3c4ccc(-n5c6ccccc6c6ccccc65)cc4c(-c4ccc(-c5ccccc5)cc4)c4ccc(-n5c6ccccc6c6ccccc65)cc34)cc2)cc1. The summed E-state index contributed by atoms with van der Waals surface area (Å²) >= 11 is 0. The van der Waals surface area contributed by atoms with E-state index in [1.54, 1.807) is 0 Å². The van der Waals surface area contributed by atoms with Crippen LogP contribution in [0.5, 0.6) is 0 Å². The smallest absolute Gasteiger partial charge is 0.0541 e. The zero-order valence-corrected chi connectivity index (χ0v) is 35.0. The van der Waals surface area contributed by atoms with E-state index >= 15 is 0 Å². The summed E-state index contributed by atoms with van der Waals surface area (Å²) in [4.78, 5) is 0. The standard InChI is InChI=1S/C62H40N2/c1-3-15-41(16-4-1)43-27-31-45(32-28-43)61-53-37-35-48(64-59-25-13-9-21-51(59)52-22-10-14-26-60(52)64)40-56(53)62(46-33-29-44(30-34-46)42-17-5-2-6-18-42)54-38-36-47(39-55(54)61)63-57-23-11-7-19-49(57)50-20-8-12-24-58(50)63/h1-40H. The van der Waals surface area contributed by atoms with Crippen LogP contribution >= 0.6 is 0 Å². The lowest BCUT2D eigenvalue weighted by atomic mass is 9.85. The van der Waals surface area contributed by atoms with Gasteiger partial charge in [-0.2, -0.15) is 0 Å². The van der Waals surface area contributed by atoms with Crippen molar-refractivity contribution in [2.45, 2.75) is 0 Å². The van der Waals surface area contributed by atoms with E-state index in [-0.39, 0.29) is 0 Å². The summed E-state index contributed by atoms with van der Waals surface area (Å²) in [5, 5.41) is 9.87. The van der Waals surface area contributed by atoms with Gasteiger partial charge in [0, 0.05) is 32.9 Å². The molecule has 64 heavy (non-hydrogen) atoms. The van der Waals surface area contributed by atoms with Crippen LogP contribution < -0.4 is 0 Å². The van der Waals surface area contributed by atoms with Gasteiger partial charge in [0.15, 0.2) is 0 Å². The van der Waals surface area contributed by atoms with E-state index in [1.807, 2.05) is 0 Å². The molecule has 11 aromatic carbocycles. The van der Waals surface area contributed by atoms with Gasteiger partial charge in [-0.25, -0.2) is 0 Å². The molecule has 0 aliphatic carbocycles. The third-order valence-corrected chi connectivity index (χ3v) is 13.3. The van der Waals surface area contributed by atoms with Crippen LogP contribution in [0, 0.1) is 0 Å². The van der Waals surface area contributed by atoms with Crippen LogP contribution in [0.4, 0.5) is 0 Å². The monoisotopic (exact) mass is 812 g/mol. The molecular formula is C62H40N2. The molecule has 2 heteroatoms. The fraction of sp³-hybridized carbons (Fsp3) is 0. The molecule has 0 spiro atoms. The average molecular weight is 813 g/mol. The third-order valence-electron chi connectivity index (χ3n) is 13.3. The van der Waals surface area contributed by atoms with Gasteiger partial charge in [-0.15, -0.1) is 0 Å². The molecule has 0 aliphatic heterocycles. The van der Waals surface area contributed by atoms with Crippen molar-refractivity contribution >= 4 is 65.2 Å². The minimum Gasteiger partial charge on any atom is -0.309 e. The molecule has 0 fully saturated rings. The number of rotatable bonds is 6. The van der Waals surface area contributed by atoms with Crippen molar-refractivity contribution in [3.8, 4) is 55.9 Å². The zero-order valence-electron chi connectivity index (χ0n) is 35.0. The van der Waals surface area contributed by atoms with Crippen LogP contribution in [-0.2, 0) is 0 Å². The maximum Gasteiger partial charge on any atom is 0.0541 e. The number of benzene rings is 11. The minimum absolute atomic E-state index is 1.14. The summed E-state index contributed by atoms with van der Waals surface area (Å²) in [5.41, 5.74) is 16.7. The van der Waals surface area contributed by atoms with E-state index < -0.39 is 0 Å². The quantitative estimate of drug-likeness (QED) is 0.148. The molecule has 2 aromatic heterocycles. The van der Waals surface area contributed by atoms with Gasteiger partial charge >= 0.3 is 0 Å². The first kappa shape index (κ1) is 36.2. The first-order valence-corrected chi connectivity index (χ1v) is 22.1. The van der Waals surface area contributed by atoms with E-state index in [9.17, 15) is 0 Å². The van der Waals surface area contributed by atoms with Crippen molar-refractivity contribution in [3.63, 3.8) is 0 Å². The van der Waals surface area contributed by atoms with E-state index in [1.165, 1.54) is 110 Å². The van der Waals surface area contributed by atoms with Crippen molar-refractivity contribution in [3.05, 3.63) is 243 Å². The maximum absolute atomic E-state index is 2.44. The molecule has 2 heterocycles. The Morgan fingerprint density at radius 3 is 0.812 bits per heavy atom. The normalized spacial score (nSPS) is 11.8. The van der Waals surface area contributed by atoms with Gasteiger partial charge in [-0.05, 0) is 115 Å². The molecule has 0 atom stereocenters. The second-order valence-electron chi connectivity index (χ2n) is 16.8. The molecule has 13 rings (SSSR count). The summed E-state index contributed by atoms with van der Waals surface area (Å²) in [6, 6.07) is 89.2. The maximum atomic E-state index is 2.44. The van der Waals surface area contributed by atoms with E-state index in [4.69, 9.17) is 0 Å². The van der Waals surface area contributed by atoms with Crippen LogP contribution in [-0.4, -0.2) is 9.13 Å². The molecule has 0 unspecified atom stereocenters. The fourth-order valence-electron chi connectivity index (χ4n) is 10.4. The molecular weight excluding hydrogens is 773 g/mol. The Bertz CT molecular complexity index is 3540. The van der Waals surface area contributed by atoms with Gasteiger partial charge in [0.05, 0.1) is 22.1 Å². The van der Waals surface area contributed by atoms with Crippen LogP contribution in [0.1, 0.15) is 0 Å². The lowest BCUT2D eigenvalue weighted by molar-refractivity contribution is 1.18. The lowest BCUT2D eigenvalue weighted by Crippen LogP contribution is -1.98. The number of nitrogens with zero attached hydrogens (tertiary/aromatic N) is 2. The second-order valence-corrected chi connectivity index (χ2v) is 16.8. The summed E-state index contributed by atoms with van der Waals surface area (Å²) < 4.78 is 4.88. The van der Waals surface area contributed by atoms with Crippen molar-refractivity contribution in [1.29, 1.82) is 0 Å². The predicted octanol–water partition coefficient (Wildman–Crippen LogP) is 16.9. The van der Waals surface area contributed by atoms with E-state index in [0.29, 0.717) is 0 Å². The number of para-hydroxylation sites is 4. The number of hydrogen-bond acceptors (Lipinski definition) is 0. The Morgan fingerprint density at radius 2 is 0.469 bits per heavy atom. The van der Waals surface area contributed by atoms with Gasteiger partial charge < -0.3 is 9.13 Å². The number of aromatic nitrogens is 2. The van der Waals surface area contributed by atoms with Crippen molar-refractivity contribution in [2.75, 3.05) is 0 Å². The minimum atomic E-state index is 1.14. The molecule has 2 nitrogen and oxygen atoms in total. The highest BCUT2D eigenvalue weighted by Crippen LogP contribution is 2.47. The Hall–Kier alpha value is -8.46. The van der Waals surface area contributed by atoms with Crippen LogP contribution in [0.2, 0.25) is 0 Å². The summed E-state index contributed by atoms with van der Waals surface area (Å²) in [6.07, 6.45) is 0. The number of fused-ring (bicyclic) bond motifs is 8. The largest absolute Gasteiger partial charge is 0.309 e. The van der Waals surface area contributed by atoms with Gasteiger partial charge in [-0.3, -0.25) is 0 Å². The van der Waals surface area contributed by atoms with E-state index in [2.05, 4.69) is 252 Å². The summed E-state index contributed by atoms with van der Waals surface area (Å²) in [6.45, 7) is 0. The lowest BCUT2D eigenvalue weighted by Gasteiger charge is -2.21. The molecule has 0 bridgehead atoms. The molecule has 13 aromatic rings. The molecule has 0 N–H and O–H groups in total. The predicted molar refractivity (Wildman–Crippen MR) is 272 cm³/mol. The molecule has 0 aliphatic rings. The molecule has 0 amide bonds. The Balaban J connectivity index is 1.14. The summed E-state index contributed by atoms with van der Waals surface area (Å²) in [5.74, 6) is 0. The average Bonchev–Trinajstić information content (AvgIpc) is 3.89. The molecule has 0 saturated carbocycles. The zero-order chi connectivity index (χ0) is 42.1. The van der Waals surface area contributed by atoms with Gasteiger partial charge in [0.2, 0.25) is 0 Å². The Morgan fingerprint density at radius 1 is 0.188 bits per heavy atom. The van der Waals surface area contributed by atoms with Crippen LogP contribution in [0.15, 0.2) is 243 Å². The molecule has 298 valence electrons. The van der Waals surface area contributed by atoms with Crippen LogP contribution in [0.3, 0.4) is 0 Å². The Labute approximate surface area is 371 Å². The van der Waals surface area contributed by atoms with Gasteiger partial charge in [0.25, 0.3) is 0 Å².